The van der Waals surface area contributed by atoms with Gasteiger partial charge in [0.2, 0.25) is 0 Å². The second kappa shape index (κ2) is 8.68. The van der Waals surface area contributed by atoms with Crippen LogP contribution in [-0.4, -0.2) is 37.7 Å². The summed E-state index contributed by atoms with van der Waals surface area (Å²) in [5.41, 5.74) is 0.467. The average molecular weight is 297 g/mol. The molecule has 0 saturated heterocycles. The molecule has 110 valence electrons. The fourth-order valence-corrected chi connectivity index (χ4v) is 2.12. The van der Waals surface area contributed by atoms with Crippen LogP contribution in [0, 0.1) is 11.3 Å². The Morgan fingerprint density at radius 3 is 2.45 bits per heavy atom. The number of halogens is 1. The molecule has 0 unspecified atom stereocenters. The van der Waals surface area contributed by atoms with Crippen molar-refractivity contribution in [3.63, 3.8) is 0 Å². The number of nitriles is 1. The van der Waals surface area contributed by atoms with Crippen molar-refractivity contribution < 1.29 is 9.47 Å². The maximum atomic E-state index is 8.95. The molecule has 0 saturated carbocycles. The van der Waals surface area contributed by atoms with Crippen molar-refractivity contribution in [1.82, 2.24) is 4.90 Å². The van der Waals surface area contributed by atoms with Crippen molar-refractivity contribution in [1.29, 1.82) is 5.26 Å². The summed E-state index contributed by atoms with van der Waals surface area (Å²) < 4.78 is 11.2. The van der Waals surface area contributed by atoms with Crippen LogP contribution in [-0.2, 0) is 0 Å². The van der Waals surface area contributed by atoms with Gasteiger partial charge in [0, 0.05) is 12.6 Å². The SMILES string of the molecule is CCOc1cc(C#N)cc(Cl)c1OCCN(CC)CC. The third kappa shape index (κ3) is 4.59. The van der Waals surface area contributed by atoms with Crippen LogP contribution in [0.25, 0.3) is 0 Å². The molecule has 1 rings (SSSR count). The van der Waals surface area contributed by atoms with Gasteiger partial charge in [0.05, 0.1) is 23.3 Å². The standard InChI is InChI=1S/C15H21ClN2O2/c1-4-18(5-2)7-8-20-15-13(16)9-12(11-17)10-14(15)19-6-3/h9-10H,4-8H2,1-3H3. The molecule has 0 spiro atoms. The summed E-state index contributed by atoms with van der Waals surface area (Å²) in [6, 6.07) is 5.31. The lowest BCUT2D eigenvalue weighted by Crippen LogP contribution is -2.28. The van der Waals surface area contributed by atoms with Crippen LogP contribution in [0.4, 0.5) is 0 Å². The van der Waals surface area contributed by atoms with Gasteiger partial charge >= 0.3 is 0 Å². The molecular weight excluding hydrogens is 276 g/mol. The number of hydrogen-bond donors (Lipinski definition) is 0. The van der Waals surface area contributed by atoms with E-state index < -0.39 is 0 Å². The summed E-state index contributed by atoms with van der Waals surface area (Å²) >= 11 is 6.16. The Morgan fingerprint density at radius 2 is 1.90 bits per heavy atom. The molecular formula is C15H21ClN2O2. The van der Waals surface area contributed by atoms with E-state index in [1.54, 1.807) is 12.1 Å². The molecule has 0 aromatic heterocycles. The van der Waals surface area contributed by atoms with Crippen molar-refractivity contribution in [3.8, 4) is 17.6 Å². The van der Waals surface area contributed by atoms with Crippen LogP contribution >= 0.6 is 11.6 Å². The van der Waals surface area contributed by atoms with Gasteiger partial charge in [-0.2, -0.15) is 5.26 Å². The molecule has 0 radical (unpaired) electrons. The topological polar surface area (TPSA) is 45.5 Å². The van der Waals surface area contributed by atoms with Crippen molar-refractivity contribution >= 4 is 11.6 Å². The summed E-state index contributed by atoms with van der Waals surface area (Å²) in [7, 11) is 0. The summed E-state index contributed by atoms with van der Waals surface area (Å²) in [5, 5.41) is 9.36. The Balaban J connectivity index is 2.80. The Morgan fingerprint density at radius 1 is 1.20 bits per heavy atom. The highest BCUT2D eigenvalue weighted by atomic mass is 35.5. The summed E-state index contributed by atoms with van der Waals surface area (Å²) in [6.07, 6.45) is 0. The molecule has 20 heavy (non-hydrogen) atoms. The van der Waals surface area contributed by atoms with Gasteiger partial charge in [0.15, 0.2) is 11.5 Å². The molecule has 0 amide bonds. The molecule has 0 aliphatic rings. The highest BCUT2D eigenvalue weighted by molar-refractivity contribution is 6.32. The summed E-state index contributed by atoms with van der Waals surface area (Å²) in [5.74, 6) is 1.04. The predicted octanol–water partition coefficient (Wildman–Crippen LogP) is 3.33. The average Bonchev–Trinajstić information content (AvgIpc) is 2.45. The molecule has 0 aliphatic heterocycles. The van der Waals surface area contributed by atoms with Crippen LogP contribution in [0.3, 0.4) is 0 Å². The number of likely N-dealkylation sites (N-methyl/N-ethyl adjacent to an activating group) is 1. The molecule has 0 atom stereocenters. The lowest BCUT2D eigenvalue weighted by molar-refractivity contribution is 0.214. The van der Waals surface area contributed by atoms with Crippen LogP contribution < -0.4 is 9.47 Å². The number of ether oxygens (including phenoxy) is 2. The molecule has 5 heteroatoms. The Hall–Kier alpha value is -1.44. The van der Waals surface area contributed by atoms with Gasteiger partial charge in [-0.05, 0) is 26.1 Å². The van der Waals surface area contributed by atoms with E-state index in [-0.39, 0.29) is 0 Å². The van der Waals surface area contributed by atoms with Gasteiger partial charge in [0.25, 0.3) is 0 Å². The zero-order chi connectivity index (χ0) is 15.0. The fourth-order valence-electron chi connectivity index (χ4n) is 1.85. The minimum atomic E-state index is 0.409. The molecule has 0 fully saturated rings. The Bertz CT molecular complexity index is 468. The molecule has 1 aromatic carbocycles. The van der Waals surface area contributed by atoms with Crippen molar-refractivity contribution in [2.45, 2.75) is 20.8 Å². The van der Waals surface area contributed by atoms with Gasteiger partial charge < -0.3 is 14.4 Å². The van der Waals surface area contributed by atoms with E-state index in [9.17, 15) is 0 Å². The maximum Gasteiger partial charge on any atom is 0.179 e. The maximum absolute atomic E-state index is 8.95. The van der Waals surface area contributed by atoms with Gasteiger partial charge in [-0.1, -0.05) is 25.4 Å². The Kier molecular flexibility index (Phi) is 7.21. The van der Waals surface area contributed by atoms with Crippen LogP contribution in [0.2, 0.25) is 5.02 Å². The lowest BCUT2D eigenvalue weighted by Gasteiger charge is -2.19. The molecule has 1 aromatic rings. The first kappa shape index (κ1) is 16.6. The second-order valence-electron chi connectivity index (χ2n) is 4.21. The lowest BCUT2D eigenvalue weighted by atomic mass is 10.2. The predicted molar refractivity (Wildman–Crippen MR) is 80.6 cm³/mol. The molecule has 4 nitrogen and oxygen atoms in total. The zero-order valence-electron chi connectivity index (χ0n) is 12.3. The van der Waals surface area contributed by atoms with Gasteiger partial charge in [0.1, 0.15) is 6.61 Å². The van der Waals surface area contributed by atoms with Gasteiger partial charge in [-0.15, -0.1) is 0 Å². The molecule has 0 bridgehead atoms. The van der Waals surface area contributed by atoms with Crippen molar-refractivity contribution in [2.24, 2.45) is 0 Å². The van der Waals surface area contributed by atoms with Crippen LogP contribution in [0.15, 0.2) is 12.1 Å². The Labute approximate surface area is 125 Å². The van der Waals surface area contributed by atoms with E-state index in [2.05, 4.69) is 24.8 Å². The quantitative estimate of drug-likeness (QED) is 0.738. The third-order valence-corrected chi connectivity index (χ3v) is 3.27. The number of benzene rings is 1. The molecule has 0 aliphatic carbocycles. The van der Waals surface area contributed by atoms with Crippen molar-refractivity contribution in [2.75, 3.05) is 32.8 Å². The minimum absolute atomic E-state index is 0.409. The fraction of sp³-hybridized carbons (Fsp3) is 0.533. The number of hydrogen-bond acceptors (Lipinski definition) is 4. The highest BCUT2D eigenvalue weighted by Crippen LogP contribution is 2.36. The summed E-state index contributed by atoms with van der Waals surface area (Å²) in [4.78, 5) is 2.26. The number of rotatable bonds is 8. The second-order valence-corrected chi connectivity index (χ2v) is 4.61. The smallest absolute Gasteiger partial charge is 0.179 e. The first-order valence-electron chi connectivity index (χ1n) is 6.87. The van der Waals surface area contributed by atoms with Crippen LogP contribution in [0.5, 0.6) is 11.5 Å². The summed E-state index contributed by atoms with van der Waals surface area (Å²) in [6.45, 7) is 9.94. The molecule has 0 heterocycles. The largest absolute Gasteiger partial charge is 0.490 e. The highest BCUT2D eigenvalue weighted by Gasteiger charge is 2.13. The molecule has 0 N–H and O–H groups in total. The van der Waals surface area contributed by atoms with E-state index in [0.29, 0.717) is 35.3 Å². The van der Waals surface area contributed by atoms with Crippen molar-refractivity contribution in [3.05, 3.63) is 22.7 Å². The van der Waals surface area contributed by atoms with E-state index >= 15 is 0 Å². The van der Waals surface area contributed by atoms with E-state index in [0.717, 1.165) is 19.6 Å². The van der Waals surface area contributed by atoms with E-state index in [1.165, 1.54) is 0 Å². The third-order valence-electron chi connectivity index (χ3n) is 2.99. The first-order chi connectivity index (χ1) is 9.65. The number of nitrogens with zero attached hydrogens (tertiary/aromatic N) is 2. The van der Waals surface area contributed by atoms with Gasteiger partial charge in [-0.3, -0.25) is 0 Å². The normalized spacial score (nSPS) is 10.4. The minimum Gasteiger partial charge on any atom is -0.490 e. The van der Waals surface area contributed by atoms with E-state index in [4.69, 9.17) is 26.3 Å². The van der Waals surface area contributed by atoms with E-state index in [1.807, 2.05) is 6.92 Å². The monoisotopic (exact) mass is 296 g/mol. The van der Waals surface area contributed by atoms with Crippen LogP contribution in [0.1, 0.15) is 26.3 Å². The first-order valence-corrected chi connectivity index (χ1v) is 7.25. The zero-order valence-corrected chi connectivity index (χ0v) is 13.0. The van der Waals surface area contributed by atoms with Gasteiger partial charge in [-0.25, -0.2) is 0 Å².